The molecule has 0 aromatic carbocycles. The van der Waals surface area contributed by atoms with Gasteiger partial charge in [0.15, 0.2) is 0 Å². The molecule has 0 saturated heterocycles. The van der Waals surface area contributed by atoms with Gasteiger partial charge in [0.1, 0.15) is 13.1 Å². The van der Waals surface area contributed by atoms with E-state index in [1.807, 2.05) is 13.8 Å². The van der Waals surface area contributed by atoms with Gasteiger partial charge in [-0.2, -0.15) is 0 Å². The number of rotatable bonds is 10. The first-order valence-electron chi connectivity index (χ1n) is 6.91. The van der Waals surface area contributed by atoms with Crippen molar-refractivity contribution < 1.29 is 24.2 Å². The standard InChI is InChI=1S/C13H25N3O5/c1-4-10(5-2)16(6-7-21-3)13(20)15(8-11(14)17)9-12(18)19/h10H,4-9H2,1-3H3,(H2,14,17)(H,18,19). The summed E-state index contributed by atoms with van der Waals surface area (Å²) in [7, 11) is 1.52. The molecule has 0 rings (SSSR count). The molecule has 0 fully saturated rings. The van der Waals surface area contributed by atoms with E-state index in [0.717, 1.165) is 17.7 Å². The van der Waals surface area contributed by atoms with Crippen LogP contribution in [-0.2, 0) is 14.3 Å². The summed E-state index contributed by atoms with van der Waals surface area (Å²) in [4.78, 5) is 36.9. The van der Waals surface area contributed by atoms with Crippen LogP contribution < -0.4 is 5.73 Å². The number of hydrogen-bond donors (Lipinski definition) is 2. The van der Waals surface area contributed by atoms with Gasteiger partial charge in [0.25, 0.3) is 0 Å². The second-order valence-electron chi connectivity index (χ2n) is 4.66. The van der Waals surface area contributed by atoms with Crippen LogP contribution in [0.4, 0.5) is 4.79 Å². The molecule has 8 nitrogen and oxygen atoms in total. The molecule has 3 amide bonds. The molecule has 0 saturated carbocycles. The van der Waals surface area contributed by atoms with Gasteiger partial charge < -0.3 is 25.4 Å². The average Bonchev–Trinajstić information content (AvgIpc) is 2.41. The number of carboxylic acid groups (broad SMARTS) is 1. The smallest absolute Gasteiger partial charge is 0.323 e. The summed E-state index contributed by atoms with van der Waals surface area (Å²) in [6.07, 6.45) is 1.45. The van der Waals surface area contributed by atoms with Gasteiger partial charge in [-0.1, -0.05) is 13.8 Å². The van der Waals surface area contributed by atoms with Gasteiger partial charge >= 0.3 is 12.0 Å². The van der Waals surface area contributed by atoms with E-state index in [9.17, 15) is 14.4 Å². The summed E-state index contributed by atoms with van der Waals surface area (Å²) in [6, 6.07) is -0.557. The van der Waals surface area contributed by atoms with Crippen molar-refractivity contribution >= 4 is 17.9 Å². The van der Waals surface area contributed by atoms with E-state index in [1.54, 1.807) is 0 Å². The molecule has 21 heavy (non-hydrogen) atoms. The summed E-state index contributed by atoms with van der Waals surface area (Å²) >= 11 is 0. The second-order valence-corrected chi connectivity index (χ2v) is 4.66. The van der Waals surface area contributed by atoms with Crippen molar-refractivity contribution in [1.29, 1.82) is 0 Å². The summed E-state index contributed by atoms with van der Waals surface area (Å²) in [5.74, 6) is -1.94. The first kappa shape index (κ1) is 19.2. The zero-order valence-electron chi connectivity index (χ0n) is 12.9. The van der Waals surface area contributed by atoms with Gasteiger partial charge in [0, 0.05) is 19.7 Å². The maximum atomic E-state index is 12.5. The minimum Gasteiger partial charge on any atom is -0.480 e. The van der Waals surface area contributed by atoms with Crippen LogP contribution in [0.2, 0.25) is 0 Å². The molecule has 8 heteroatoms. The minimum absolute atomic E-state index is 0.0446. The van der Waals surface area contributed by atoms with Gasteiger partial charge in [0.2, 0.25) is 5.91 Å². The normalized spacial score (nSPS) is 10.5. The first-order valence-corrected chi connectivity index (χ1v) is 6.91. The van der Waals surface area contributed by atoms with Crippen LogP contribution in [0.1, 0.15) is 26.7 Å². The van der Waals surface area contributed by atoms with E-state index in [0.29, 0.717) is 13.2 Å². The van der Waals surface area contributed by atoms with Crippen LogP contribution in [0, 0.1) is 0 Å². The fourth-order valence-electron chi connectivity index (χ4n) is 2.08. The second kappa shape index (κ2) is 9.98. The highest BCUT2D eigenvalue weighted by atomic mass is 16.5. The Morgan fingerprint density at radius 2 is 1.76 bits per heavy atom. The van der Waals surface area contributed by atoms with Crippen LogP contribution in [0.3, 0.4) is 0 Å². The van der Waals surface area contributed by atoms with Gasteiger partial charge in [-0.25, -0.2) is 4.79 Å². The predicted octanol–water partition coefficient (Wildman–Crippen LogP) is 0.115. The number of methoxy groups -OCH3 is 1. The van der Waals surface area contributed by atoms with Crippen molar-refractivity contribution in [3.05, 3.63) is 0 Å². The molecule has 0 aliphatic heterocycles. The third-order valence-electron chi connectivity index (χ3n) is 3.11. The van der Waals surface area contributed by atoms with Crippen molar-refractivity contribution in [2.45, 2.75) is 32.7 Å². The fourth-order valence-corrected chi connectivity index (χ4v) is 2.08. The first-order chi connectivity index (χ1) is 9.87. The Hall–Kier alpha value is -1.83. The fraction of sp³-hybridized carbons (Fsp3) is 0.769. The number of hydrogen-bond acceptors (Lipinski definition) is 4. The molecule has 122 valence electrons. The Morgan fingerprint density at radius 3 is 2.14 bits per heavy atom. The Kier molecular flexibility index (Phi) is 9.11. The number of aliphatic carboxylic acids is 1. The maximum absolute atomic E-state index is 12.5. The van der Waals surface area contributed by atoms with Crippen molar-refractivity contribution in [2.75, 3.05) is 33.4 Å². The molecule has 3 N–H and O–H groups in total. The van der Waals surface area contributed by atoms with Crippen LogP contribution >= 0.6 is 0 Å². The van der Waals surface area contributed by atoms with E-state index in [4.69, 9.17) is 15.6 Å². The van der Waals surface area contributed by atoms with Crippen molar-refractivity contribution in [3.8, 4) is 0 Å². The van der Waals surface area contributed by atoms with Gasteiger partial charge in [-0.3, -0.25) is 9.59 Å². The lowest BCUT2D eigenvalue weighted by Crippen LogP contribution is -2.52. The van der Waals surface area contributed by atoms with Gasteiger partial charge in [-0.05, 0) is 12.8 Å². The topological polar surface area (TPSA) is 113 Å². The van der Waals surface area contributed by atoms with Crippen molar-refractivity contribution in [3.63, 3.8) is 0 Å². The Balaban J connectivity index is 5.14. The van der Waals surface area contributed by atoms with E-state index in [2.05, 4.69) is 0 Å². The van der Waals surface area contributed by atoms with Crippen molar-refractivity contribution in [1.82, 2.24) is 9.80 Å². The third kappa shape index (κ3) is 6.94. The monoisotopic (exact) mass is 303 g/mol. The molecule has 0 aliphatic carbocycles. The maximum Gasteiger partial charge on any atom is 0.323 e. The van der Waals surface area contributed by atoms with E-state index >= 15 is 0 Å². The highest BCUT2D eigenvalue weighted by Crippen LogP contribution is 2.12. The van der Waals surface area contributed by atoms with Crippen LogP contribution in [0.5, 0.6) is 0 Å². The molecule has 0 aromatic rings. The van der Waals surface area contributed by atoms with Crippen LogP contribution in [-0.4, -0.2) is 72.2 Å². The van der Waals surface area contributed by atoms with Gasteiger partial charge in [-0.15, -0.1) is 0 Å². The minimum atomic E-state index is -1.19. The Labute approximate surface area is 124 Å². The van der Waals surface area contributed by atoms with E-state index in [1.165, 1.54) is 12.0 Å². The Morgan fingerprint density at radius 1 is 1.19 bits per heavy atom. The SMILES string of the molecule is CCC(CC)N(CCOC)C(=O)N(CC(N)=O)CC(=O)O. The number of carbonyl (C=O) groups excluding carboxylic acids is 2. The molecular weight excluding hydrogens is 278 g/mol. The number of amides is 3. The highest BCUT2D eigenvalue weighted by molar-refractivity contribution is 5.86. The highest BCUT2D eigenvalue weighted by Gasteiger charge is 2.27. The third-order valence-corrected chi connectivity index (χ3v) is 3.11. The number of ether oxygens (including phenoxy) is 1. The summed E-state index contributed by atoms with van der Waals surface area (Å²) in [6.45, 7) is 3.56. The molecular formula is C13H25N3O5. The number of urea groups is 1. The Bertz CT molecular complexity index is 342. The van der Waals surface area contributed by atoms with Crippen LogP contribution in [0.15, 0.2) is 0 Å². The molecule has 0 unspecified atom stereocenters. The molecule has 0 heterocycles. The summed E-state index contributed by atoms with van der Waals surface area (Å²) in [5.41, 5.74) is 5.08. The lowest BCUT2D eigenvalue weighted by atomic mass is 10.1. The lowest BCUT2D eigenvalue weighted by Gasteiger charge is -2.34. The molecule has 0 radical (unpaired) electrons. The number of carbonyl (C=O) groups is 3. The summed E-state index contributed by atoms with van der Waals surface area (Å²) < 4.78 is 4.98. The molecule has 0 bridgehead atoms. The van der Waals surface area contributed by atoms with Crippen LogP contribution in [0.25, 0.3) is 0 Å². The van der Waals surface area contributed by atoms with E-state index < -0.39 is 31.0 Å². The quantitative estimate of drug-likeness (QED) is 0.595. The number of primary amides is 1. The van der Waals surface area contributed by atoms with Crippen molar-refractivity contribution in [2.24, 2.45) is 5.73 Å². The lowest BCUT2D eigenvalue weighted by molar-refractivity contribution is -0.138. The zero-order chi connectivity index (χ0) is 16.4. The molecule has 0 aliphatic rings. The number of carboxylic acids is 1. The van der Waals surface area contributed by atoms with E-state index in [-0.39, 0.29) is 6.04 Å². The summed E-state index contributed by atoms with van der Waals surface area (Å²) in [5, 5.41) is 8.87. The zero-order valence-corrected chi connectivity index (χ0v) is 12.9. The predicted molar refractivity (Wildman–Crippen MR) is 76.8 cm³/mol. The number of nitrogens with two attached hydrogens (primary N) is 1. The molecule has 0 atom stereocenters. The number of nitrogens with zero attached hydrogens (tertiary/aromatic N) is 2. The van der Waals surface area contributed by atoms with Gasteiger partial charge in [0.05, 0.1) is 6.61 Å². The average molecular weight is 303 g/mol. The molecule has 0 spiro atoms. The largest absolute Gasteiger partial charge is 0.480 e. The molecule has 0 aromatic heterocycles.